The average Bonchev–Trinajstić information content (AvgIpc) is 2.98. The summed E-state index contributed by atoms with van der Waals surface area (Å²) in [6.45, 7) is 2.47. The van der Waals surface area contributed by atoms with E-state index < -0.39 is 0 Å². The molecule has 2 N–H and O–H groups in total. The summed E-state index contributed by atoms with van der Waals surface area (Å²) in [4.78, 5) is 11.9. The van der Waals surface area contributed by atoms with Crippen molar-refractivity contribution in [1.82, 2.24) is 10.6 Å². The normalized spacial score (nSPS) is 18.2. The smallest absolute Gasteiger partial charge is 0.237 e. The zero-order chi connectivity index (χ0) is 12.1. The topological polar surface area (TPSA) is 54.3 Å². The first kappa shape index (κ1) is 12.2. The Labute approximate surface area is 102 Å². The van der Waals surface area contributed by atoms with Gasteiger partial charge in [0.05, 0.1) is 18.8 Å². The molecule has 1 fully saturated rings. The van der Waals surface area contributed by atoms with Gasteiger partial charge in [0, 0.05) is 6.04 Å². The van der Waals surface area contributed by atoms with E-state index in [0.29, 0.717) is 12.6 Å². The molecular formula is C13H20N2O2. The number of rotatable bonds is 5. The molecule has 1 amide bonds. The van der Waals surface area contributed by atoms with Crippen LogP contribution in [0.2, 0.25) is 0 Å². The lowest BCUT2D eigenvalue weighted by Crippen LogP contribution is -2.45. The molecule has 4 heteroatoms. The number of amides is 1. The summed E-state index contributed by atoms with van der Waals surface area (Å²) >= 11 is 0. The molecule has 1 heterocycles. The third-order valence-electron chi connectivity index (χ3n) is 3.26. The second kappa shape index (κ2) is 5.87. The van der Waals surface area contributed by atoms with Crippen molar-refractivity contribution in [2.24, 2.45) is 0 Å². The first-order chi connectivity index (χ1) is 8.25. The van der Waals surface area contributed by atoms with Crippen LogP contribution in [0, 0.1) is 0 Å². The van der Waals surface area contributed by atoms with E-state index in [0.717, 1.165) is 18.6 Å². The first-order valence-electron chi connectivity index (χ1n) is 6.32. The van der Waals surface area contributed by atoms with E-state index in [1.54, 1.807) is 6.26 Å². The van der Waals surface area contributed by atoms with Crippen molar-refractivity contribution in [1.29, 1.82) is 0 Å². The largest absolute Gasteiger partial charge is 0.468 e. The van der Waals surface area contributed by atoms with Gasteiger partial charge in [-0.05, 0) is 31.9 Å². The number of carbonyl (C=O) groups excluding carboxylic acids is 1. The maximum absolute atomic E-state index is 11.9. The van der Waals surface area contributed by atoms with Crippen LogP contribution in [0.5, 0.6) is 0 Å². The second-order valence-corrected chi connectivity index (χ2v) is 4.67. The van der Waals surface area contributed by atoms with Gasteiger partial charge < -0.3 is 9.73 Å². The standard InChI is InChI=1S/C13H20N2O2/c1-10(14-9-12-7-4-8-17-12)13(16)15-11-5-2-3-6-11/h4,7-8,10-11,14H,2-3,5-6,9H2,1H3,(H,15,16). The molecule has 0 radical (unpaired) electrons. The molecule has 94 valence electrons. The molecule has 1 atom stereocenters. The van der Waals surface area contributed by atoms with Gasteiger partial charge in [-0.2, -0.15) is 0 Å². The lowest BCUT2D eigenvalue weighted by molar-refractivity contribution is -0.123. The van der Waals surface area contributed by atoms with Gasteiger partial charge in [0.2, 0.25) is 5.91 Å². The molecule has 1 unspecified atom stereocenters. The number of hydrogen-bond donors (Lipinski definition) is 2. The Balaban J connectivity index is 1.71. The minimum absolute atomic E-state index is 0.0865. The zero-order valence-electron chi connectivity index (χ0n) is 10.2. The predicted octanol–water partition coefficient (Wildman–Crippen LogP) is 1.82. The summed E-state index contributed by atoms with van der Waals surface area (Å²) in [6.07, 6.45) is 6.35. The van der Waals surface area contributed by atoms with Crippen molar-refractivity contribution in [2.45, 2.75) is 51.2 Å². The first-order valence-corrected chi connectivity index (χ1v) is 6.32. The summed E-state index contributed by atoms with van der Waals surface area (Å²) in [6, 6.07) is 3.95. The molecule has 0 bridgehead atoms. The highest BCUT2D eigenvalue weighted by atomic mass is 16.3. The number of nitrogens with one attached hydrogen (secondary N) is 2. The maximum Gasteiger partial charge on any atom is 0.237 e. The van der Waals surface area contributed by atoms with E-state index >= 15 is 0 Å². The van der Waals surface area contributed by atoms with Crippen molar-refractivity contribution < 1.29 is 9.21 Å². The Kier molecular flexibility index (Phi) is 4.20. The summed E-state index contributed by atoms with van der Waals surface area (Å²) < 4.78 is 5.20. The van der Waals surface area contributed by atoms with Crippen LogP contribution >= 0.6 is 0 Å². The van der Waals surface area contributed by atoms with Gasteiger partial charge in [0.15, 0.2) is 0 Å². The Morgan fingerprint density at radius 1 is 1.53 bits per heavy atom. The highest BCUT2D eigenvalue weighted by Gasteiger charge is 2.20. The minimum Gasteiger partial charge on any atom is -0.468 e. The lowest BCUT2D eigenvalue weighted by Gasteiger charge is -2.17. The highest BCUT2D eigenvalue weighted by molar-refractivity contribution is 5.81. The van der Waals surface area contributed by atoms with Crippen LogP contribution in [0.15, 0.2) is 22.8 Å². The quantitative estimate of drug-likeness (QED) is 0.820. The van der Waals surface area contributed by atoms with E-state index in [-0.39, 0.29) is 11.9 Å². The fraction of sp³-hybridized carbons (Fsp3) is 0.615. The molecule has 0 saturated heterocycles. The number of carbonyl (C=O) groups is 1. The fourth-order valence-corrected chi connectivity index (χ4v) is 2.16. The number of furan rings is 1. The zero-order valence-corrected chi connectivity index (χ0v) is 10.2. The monoisotopic (exact) mass is 236 g/mol. The van der Waals surface area contributed by atoms with E-state index in [2.05, 4.69) is 10.6 Å². The molecule has 2 rings (SSSR count). The van der Waals surface area contributed by atoms with Gasteiger partial charge in [-0.3, -0.25) is 10.1 Å². The molecule has 0 aromatic carbocycles. The van der Waals surface area contributed by atoms with Crippen molar-refractivity contribution >= 4 is 5.91 Å². The van der Waals surface area contributed by atoms with Crippen LogP contribution in [-0.4, -0.2) is 18.0 Å². The van der Waals surface area contributed by atoms with E-state index in [1.165, 1.54) is 12.8 Å². The molecule has 0 aliphatic heterocycles. The van der Waals surface area contributed by atoms with Crippen LogP contribution < -0.4 is 10.6 Å². The van der Waals surface area contributed by atoms with Gasteiger partial charge in [0.25, 0.3) is 0 Å². The third-order valence-corrected chi connectivity index (χ3v) is 3.26. The maximum atomic E-state index is 11.9. The molecule has 0 spiro atoms. The van der Waals surface area contributed by atoms with Crippen molar-refractivity contribution in [2.75, 3.05) is 0 Å². The molecule has 17 heavy (non-hydrogen) atoms. The van der Waals surface area contributed by atoms with E-state index in [4.69, 9.17) is 4.42 Å². The van der Waals surface area contributed by atoms with Gasteiger partial charge in [-0.1, -0.05) is 12.8 Å². The third kappa shape index (κ3) is 3.60. The van der Waals surface area contributed by atoms with E-state index in [9.17, 15) is 4.79 Å². The molecule has 1 aromatic heterocycles. The average molecular weight is 236 g/mol. The molecule has 1 saturated carbocycles. The van der Waals surface area contributed by atoms with E-state index in [1.807, 2.05) is 19.1 Å². The summed E-state index contributed by atoms with van der Waals surface area (Å²) in [5.41, 5.74) is 0. The summed E-state index contributed by atoms with van der Waals surface area (Å²) in [5.74, 6) is 0.939. The SMILES string of the molecule is CC(NCc1ccco1)C(=O)NC1CCCC1. The molecule has 4 nitrogen and oxygen atoms in total. The van der Waals surface area contributed by atoms with Crippen LogP contribution in [0.4, 0.5) is 0 Å². The Bertz CT molecular complexity index is 342. The lowest BCUT2D eigenvalue weighted by atomic mass is 10.2. The minimum atomic E-state index is -0.180. The van der Waals surface area contributed by atoms with Crippen LogP contribution in [-0.2, 0) is 11.3 Å². The van der Waals surface area contributed by atoms with Gasteiger partial charge in [-0.25, -0.2) is 0 Å². The van der Waals surface area contributed by atoms with Gasteiger partial charge >= 0.3 is 0 Å². The Morgan fingerprint density at radius 2 is 2.29 bits per heavy atom. The van der Waals surface area contributed by atoms with Gasteiger partial charge in [0.1, 0.15) is 5.76 Å². The van der Waals surface area contributed by atoms with Crippen molar-refractivity contribution in [3.63, 3.8) is 0 Å². The summed E-state index contributed by atoms with van der Waals surface area (Å²) in [7, 11) is 0. The van der Waals surface area contributed by atoms with Crippen molar-refractivity contribution in [3.8, 4) is 0 Å². The number of hydrogen-bond acceptors (Lipinski definition) is 3. The van der Waals surface area contributed by atoms with Crippen LogP contribution in [0.3, 0.4) is 0 Å². The summed E-state index contributed by atoms with van der Waals surface area (Å²) in [5, 5.41) is 6.23. The Morgan fingerprint density at radius 3 is 2.94 bits per heavy atom. The molecular weight excluding hydrogens is 216 g/mol. The van der Waals surface area contributed by atoms with Crippen LogP contribution in [0.25, 0.3) is 0 Å². The highest BCUT2D eigenvalue weighted by Crippen LogP contribution is 2.17. The molecule has 1 aliphatic carbocycles. The van der Waals surface area contributed by atoms with Crippen LogP contribution in [0.1, 0.15) is 38.4 Å². The fourth-order valence-electron chi connectivity index (χ4n) is 2.16. The van der Waals surface area contributed by atoms with Gasteiger partial charge in [-0.15, -0.1) is 0 Å². The molecule has 1 aliphatic rings. The second-order valence-electron chi connectivity index (χ2n) is 4.67. The predicted molar refractivity (Wildman–Crippen MR) is 65.4 cm³/mol. The Hall–Kier alpha value is -1.29. The van der Waals surface area contributed by atoms with Crippen molar-refractivity contribution in [3.05, 3.63) is 24.2 Å². The molecule has 1 aromatic rings.